The normalized spacial score (nSPS) is 12.9. The van der Waals surface area contributed by atoms with Gasteiger partial charge < -0.3 is 10.1 Å². The third-order valence-corrected chi connectivity index (χ3v) is 4.17. The molecule has 0 aromatic heterocycles. The second-order valence-electron chi connectivity index (χ2n) is 4.45. The molecule has 1 atom stereocenters. The van der Waals surface area contributed by atoms with E-state index >= 15 is 0 Å². The van der Waals surface area contributed by atoms with Crippen LogP contribution in [-0.2, 0) is 20.5 Å². The zero-order valence-electron chi connectivity index (χ0n) is 11.8. The molecular weight excluding hydrogens is 280 g/mol. The van der Waals surface area contributed by atoms with Crippen molar-refractivity contribution in [2.75, 3.05) is 20.7 Å². The lowest BCUT2D eigenvalue weighted by molar-refractivity contribution is 0.0600. The van der Waals surface area contributed by atoms with Crippen molar-refractivity contribution in [2.24, 2.45) is 0 Å². The summed E-state index contributed by atoms with van der Waals surface area (Å²) in [4.78, 5) is 11.6. The molecule has 0 aliphatic carbocycles. The Morgan fingerprint density at radius 1 is 1.35 bits per heavy atom. The molecule has 0 saturated heterocycles. The van der Waals surface area contributed by atoms with Crippen LogP contribution < -0.4 is 10.0 Å². The molecule has 20 heavy (non-hydrogen) atoms. The first-order valence-corrected chi connectivity index (χ1v) is 7.85. The molecule has 0 heterocycles. The molecule has 1 aromatic carbocycles. The van der Waals surface area contributed by atoms with Gasteiger partial charge in [-0.3, -0.25) is 0 Å². The van der Waals surface area contributed by atoms with E-state index < -0.39 is 16.0 Å². The zero-order valence-corrected chi connectivity index (χ0v) is 12.7. The summed E-state index contributed by atoms with van der Waals surface area (Å²) in [5.41, 5.74) is 0.686. The van der Waals surface area contributed by atoms with E-state index in [0.29, 0.717) is 12.1 Å². The number of methoxy groups -OCH3 is 1. The molecule has 0 bridgehead atoms. The third kappa shape index (κ3) is 4.92. The Balaban J connectivity index is 2.85. The monoisotopic (exact) mass is 300 g/mol. The van der Waals surface area contributed by atoms with Gasteiger partial charge in [0.05, 0.1) is 18.4 Å². The van der Waals surface area contributed by atoms with Crippen molar-refractivity contribution in [2.45, 2.75) is 18.7 Å². The van der Waals surface area contributed by atoms with Crippen molar-refractivity contribution in [1.82, 2.24) is 10.0 Å². The SMILES string of the molecule is CNC(C)CNS(=O)(=O)Cc1ccccc1C(=O)OC. The number of carbonyl (C=O) groups excluding carboxylic acids is 1. The smallest absolute Gasteiger partial charge is 0.338 e. The quantitative estimate of drug-likeness (QED) is 0.716. The van der Waals surface area contributed by atoms with E-state index in [4.69, 9.17) is 0 Å². The average Bonchev–Trinajstić information content (AvgIpc) is 2.44. The fraction of sp³-hybridized carbons (Fsp3) is 0.462. The van der Waals surface area contributed by atoms with Crippen LogP contribution in [0.15, 0.2) is 24.3 Å². The van der Waals surface area contributed by atoms with Gasteiger partial charge in [-0.25, -0.2) is 17.9 Å². The minimum atomic E-state index is -3.50. The minimum Gasteiger partial charge on any atom is -0.465 e. The lowest BCUT2D eigenvalue weighted by Gasteiger charge is -2.13. The van der Waals surface area contributed by atoms with Gasteiger partial charge in [0.25, 0.3) is 0 Å². The second kappa shape index (κ2) is 7.37. The van der Waals surface area contributed by atoms with Gasteiger partial charge in [-0.05, 0) is 25.6 Å². The molecule has 0 fully saturated rings. The maximum absolute atomic E-state index is 12.0. The van der Waals surface area contributed by atoms with Crippen LogP contribution in [0.1, 0.15) is 22.8 Å². The summed E-state index contributed by atoms with van der Waals surface area (Å²) in [6.07, 6.45) is 0. The highest BCUT2D eigenvalue weighted by molar-refractivity contribution is 7.88. The van der Waals surface area contributed by atoms with E-state index in [1.54, 1.807) is 31.3 Å². The molecule has 0 radical (unpaired) electrons. The number of hydrogen-bond donors (Lipinski definition) is 2. The summed E-state index contributed by atoms with van der Waals surface area (Å²) < 4.78 is 31.1. The highest BCUT2D eigenvalue weighted by Crippen LogP contribution is 2.13. The first-order valence-electron chi connectivity index (χ1n) is 6.20. The van der Waals surface area contributed by atoms with Gasteiger partial charge in [0.1, 0.15) is 0 Å². The van der Waals surface area contributed by atoms with E-state index in [2.05, 4.69) is 14.8 Å². The van der Waals surface area contributed by atoms with Crippen LogP contribution in [0.4, 0.5) is 0 Å². The maximum Gasteiger partial charge on any atom is 0.338 e. The lowest BCUT2D eigenvalue weighted by atomic mass is 10.1. The highest BCUT2D eigenvalue weighted by atomic mass is 32.2. The van der Waals surface area contributed by atoms with Crippen LogP contribution >= 0.6 is 0 Å². The van der Waals surface area contributed by atoms with Gasteiger partial charge in [-0.2, -0.15) is 0 Å². The van der Waals surface area contributed by atoms with Crippen molar-refractivity contribution in [3.05, 3.63) is 35.4 Å². The highest BCUT2D eigenvalue weighted by Gasteiger charge is 2.18. The average molecular weight is 300 g/mol. The molecule has 2 N–H and O–H groups in total. The van der Waals surface area contributed by atoms with Crippen LogP contribution in [0.5, 0.6) is 0 Å². The largest absolute Gasteiger partial charge is 0.465 e. The number of benzene rings is 1. The lowest BCUT2D eigenvalue weighted by Crippen LogP contribution is -2.37. The molecule has 0 spiro atoms. The van der Waals surface area contributed by atoms with Crippen LogP contribution in [0.2, 0.25) is 0 Å². The summed E-state index contributed by atoms with van der Waals surface area (Å²) in [6.45, 7) is 2.16. The van der Waals surface area contributed by atoms with Crippen molar-refractivity contribution < 1.29 is 17.9 Å². The van der Waals surface area contributed by atoms with E-state index in [1.807, 2.05) is 6.92 Å². The van der Waals surface area contributed by atoms with E-state index in [1.165, 1.54) is 7.11 Å². The molecule has 0 aliphatic rings. The predicted molar refractivity (Wildman–Crippen MR) is 76.9 cm³/mol. The number of rotatable bonds is 7. The van der Waals surface area contributed by atoms with Crippen molar-refractivity contribution >= 4 is 16.0 Å². The molecule has 0 amide bonds. The summed E-state index contributed by atoms with van der Waals surface area (Å²) in [7, 11) is -0.482. The number of likely N-dealkylation sites (N-methyl/N-ethyl adjacent to an activating group) is 1. The Bertz CT molecular complexity index is 557. The molecule has 7 heteroatoms. The number of hydrogen-bond acceptors (Lipinski definition) is 5. The van der Waals surface area contributed by atoms with Gasteiger partial charge in [-0.1, -0.05) is 18.2 Å². The van der Waals surface area contributed by atoms with Crippen molar-refractivity contribution in [1.29, 1.82) is 0 Å². The molecule has 0 aliphatic heterocycles. The summed E-state index contributed by atoms with van der Waals surface area (Å²) >= 11 is 0. The second-order valence-corrected chi connectivity index (χ2v) is 6.25. The number of carbonyl (C=O) groups is 1. The molecule has 112 valence electrons. The van der Waals surface area contributed by atoms with Crippen LogP contribution in [0.3, 0.4) is 0 Å². The summed E-state index contributed by atoms with van der Waals surface area (Å²) in [6, 6.07) is 6.53. The van der Waals surface area contributed by atoms with Crippen molar-refractivity contribution in [3.8, 4) is 0 Å². The number of esters is 1. The Hall–Kier alpha value is -1.44. The standard InChI is InChI=1S/C13H20N2O4S/c1-10(14-2)8-15-20(17,18)9-11-6-4-5-7-12(11)13(16)19-3/h4-7,10,14-15H,8-9H2,1-3H3. The molecular formula is C13H20N2O4S. The van der Waals surface area contributed by atoms with Gasteiger partial charge in [-0.15, -0.1) is 0 Å². The fourth-order valence-electron chi connectivity index (χ4n) is 1.57. The Kier molecular flexibility index (Phi) is 6.12. The summed E-state index contributed by atoms with van der Waals surface area (Å²) in [5, 5.41) is 2.94. The zero-order chi connectivity index (χ0) is 15.2. The Morgan fingerprint density at radius 2 is 2.00 bits per heavy atom. The van der Waals surface area contributed by atoms with Crippen molar-refractivity contribution in [3.63, 3.8) is 0 Å². The Labute approximate surface area is 119 Å². The van der Waals surface area contributed by atoms with Crippen LogP contribution in [0, 0.1) is 0 Å². The Morgan fingerprint density at radius 3 is 2.60 bits per heavy atom. The third-order valence-electron chi connectivity index (χ3n) is 2.87. The first-order chi connectivity index (χ1) is 9.39. The van der Waals surface area contributed by atoms with Crippen LogP contribution in [0.25, 0.3) is 0 Å². The summed E-state index contributed by atoms with van der Waals surface area (Å²) in [5.74, 6) is -0.797. The molecule has 6 nitrogen and oxygen atoms in total. The molecule has 1 unspecified atom stereocenters. The first kappa shape index (κ1) is 16.6. The van der Waals surface area contributed by atoms with Gasteiger partial charge in [0.15, 0.2) is 0 Å². The molecule has 0 saturated carbocycles. The topological polar surface area (TPSA) is 84.5 Å². The number of sulfonamides is 1. The maximum atomic E-state index is 12.0. The number of nitrogens with one attached hydrogen (secondary N) is 2. The van der Waals surface area contributed by atoms with E-state index in [0.717, 1.165) is 0 Å². The fourth-order valence-corrected chi connectivity index (χ4v) is 2.83. The van der Waals surface area contributed by atoms with Gasteiger partial charge in [0, 0.05) is 12.6 Å². The number of ether oxygens (including phenoxy) is 1. The van der Waals surface area contributed by atoms with Crippen LogP contribution in [-0.4, -0.2) is 41.1 Å². The van der Waals surface area contributed by atoms with Gasteiger partial charge in [0.2, 0.25) is 10.0 Å². The minimum absolute atomic E-state index is 0.0284. The molecule has 1 rings (SSSR count). The van der Waals surface area contributed by atoms with E-state index in [-0.39, 0.29) is 17.4 Å². The van der Waals surface area contributed by atoms with Gasteiger partial charge >= 0.3 is 5.97 Å². The molecule has 1 aromatic rings. The van der Waals surface area contributed by atoms with E-state index in [9.17, 15) is 13.2 Å². The predicted octanol–water partition coefficient (Wildman–Crippen LogP) is 0.501.